The van der Waals surface area contributed by atoms with Crippen LogP contribution in [0.2, 0.25) is 0 Å². The first-order chi connectivity index (χ1) is 8.19. The topological polar surface area (TPSA) is 55.8 Å². The smallest absolute Gasteiger partial charge is 0.346 e. The number of carbonyl (C=O) groups is 1. The molecule has 1 N–H and O–H groups in total. The van der Waals surface area contributed by atoms with Crippen molar-refractivity contribution in [3.05, 3.63) is 28.6 Å². The molecule has 0 fully saturated rings. The van der Waals surface area contributed by atoms with Crippen LogP contribution >= 0.6 is 11.3 Å². The number of carboxylic acid groups (broad SMARTS) is 1. The SMILES string of the molecule is COCc1c(C(=O)O)sc2c(OC)cccc12. The molecule has 0 aliphatic carbocycles. The largest absolute Gasteiger partial charge is 0.495 e. The lowest BCUT2D eigenvalue weighted by Crippen LogP contribution is -1.98. The van der Waals surface area contributed by atoms with Gasteiger partial charge in [0.05, 0.1) is 18.4 Å². The van der Waals surface area contributed by atoms with Crippen molar-refractivity contribution in [1.82, 2.24) is 0 Å². The summed E-state index contributed by atoms with van der Waals surface area (Å²) >= 11 is 1.22. The molecule has 0 atom stereocenters. The highest BCUT2D eigenvalue weighted by atomic mass is 32.1. The lowest BCUT2D eigenvalue weighted by molar-refractivity contribution is 0.0698. The number of hydrogen-bond donors (Lipinski definition) is 1. The van der Waals surface area contributed by atoms with Crippen LogP contribution in [0.25, 0.3) is 10.1 Å². The van der Waals surface area contributed by atoms with Gasteiger partial charge in [-0.1, -0.05) is 12.1 Å². The molecule has 17 heavy (non-hydrogen) atoms. The van der Waals surface area contributed by atoms with Crippen LogP contribution in [-0.2, 0) is 11.3 Å². The van der Waals surface area contributed by atoms with E-state index in [1.165, 1.54) is 11.3 Å². The summed E-state index contributed by atoms with van der Waals surface area (Å²) in [6.45, 7) is 0.287. The van der Waals surface area contributed by atoms with Gasteiger partial charge in [-0.05, 0) is 6.07 Å². The fraction of sp³-hybridized carbons (Fsp3) is 0.250. The van der Waals surface area contributed by atoms with E-state index in [0.29, 0.717) is 16.2 Å². The maximum atomic E-state index is 11.2. The van der Waals surface area contributed by atoms with Crippen molar-refractivity contribution in [1.29, 1.82) is 0 Å². The zero-order valence-electron chi connectivity index (χ0n) is 9.52. The number of rotatable bonds is 4. The highest BCUT2D eigenvalue weighted by molar-refractivity contribution is 7.21. The van der Waals surface area contributed by atoms with Crippen LogP contribution in [0, 0.1) is 0 Å². The van der Waals surface area contributed by atoms with Crippen molar-refractivity contribution in [3.8, 4) is 5.75 Å². The van der Waals surface area contributed by atoms with E-state index in [9.17, 15) is 9.90 Å². The molecule has 0 saturated heterocycles. The van der Waals surface area contributed by atoms with Gasteiger partial charge in [0.15, 0.2) is 0 Å². The van der Waals surface area contributed by atoms with Crippen LogP contribution in [0.1, 0.15) is 15.2 Å². The van der Waals surface area contributed by atoms with E-state index in [2.05, 4.69) is 0 Å². The summed E-state index contributed by atoms with van der Waals surface area (Å²) in [6, 6.07) is 5.55. The van der Waals surface area contributed by atoms with Gasteiger partial charge < -0.3 is 14.6 Å². The van der Waals surface area contributed by atoms with Crippen molar-refractivity contribution in [2.75, 3.05) is 14.2 Å². The minimum atomic E-state index is -0.930. The summed E-state index contributed by atoms with van der Waals surface area (Å²) in [5.74, 6) is -0.238. The molecule has 5 heteroatoms. The first-order valence-corrected chi connectivity index (χ1v) is 5.81. The Hall–Kier alpha value is -1.59. The number of benzene rings is 1. The van der Waals surface area contributed by atoms with Crippen LogP contribution < -0.4 is 4.74 Å². The Morgan fingerprint density at radius 3 is 2.76 bits per heavy atom. The number of ether oxygens (including phenoxy) is 2. The molecule has 1 aromatic heterocycles. The van der Waals surface area contributed by atoms with Crippen LogP contribution in [-0.4, -0.2) is 25.3 Å². The van der Waals surface area contributed by atoms with Gasteiger partial charge in [0.2, 0.25) is 0 Å². The molecule has 0 unspecified atom stereocenters. The molecule has 0 aliphatic heterocycles. The average Bonchev–Trinajstić information content (AvgIpc) is 2.69. The number of carboxylic acids is 1. The minimum Gasteiger partial charge on any atom is -0.495 e. The highest BCUT2D eigenvalue weighted by Crippen LogP contribution is 2.37. The second-order valence-electron chi connectivity index (χ2n) is 3.48. The second kappa shape index (κ2) is 4.73. The van der Waals surface area contributed by atoms with E-state index in [-0.39, 0.29) is 6.61 Å². The minimum absolute atomic E-state index is 0.287. The van der Waals surface area contributed by atoms with Gasteiger partial charge in [-0.25, -0.2) is 4.79 Å². The van der Waals surface area contributed by atoms with Crippen LogP contribution in [0.4, 0.5) is 0 Å². The van der Waals surface area contributed by atoms with Gasteiger partial charge in [-0.3, -0.25) is 0 Å². The number of hydrogen-bond acceptors (Lipinski definition) is 4. The Morgan fingerprint density at radius 1 is 1.41 bits per heavy atom. The molecule has 0 bridgehead atoms. The van der Waals surface area contributed by atoms with Crippen molar-refractivity contribution < 1.29 is 19.4 Å². The van der Waals surface area contributed by atoms with Gasteiger partial charge in [-0.2, -0.15) is 0 Å². The standard InChI is InChI=1S/C12H12O4S/c1-15-6-8-7-4-3-5-9(16-2)10(7)17-11(8)12(13)14/h3-5H,6H2,1-2H3,(H,13,14). The maximum Gasteiger partial charge on any atom is 0.346 e. The van der Waals surface area contributed by atoms with Gasteiger partial charge in [0, 0.05) is 18.1 Å². The van der Waals surface area contributed by atoms with E-state index in [1.807, 2.05) is 18.2 Å². The maximum absolute atomic E-state index is 11.2. The molecule has 0 radical (unpaired) electrons. The van der Waals surface area contributed by atoms with Crippen LogP contribution in [0.3, 0.4) is 0 Å². The third-order valence-electron chi connectivity index (χ3n) is 2.49. The first-order valence-electron chi connectivity index (χ1n) is 4.99. The van der Waals surface area contributed by atoms with E-state index < -0.39 is 5.97 Å². The summed E-state index contributed by atoms with van der Waals surface area (Å²) in [7, 11) is 3.13. The van der Waals surface area contributed by atoms with E-state index in [0.717, 1.165) is 10.1 Å². The average molecular weight is 252 g/mol. The molecule has 1 heterocycles. The van der Waals surface area contributed by atoms with Gasteiger partial charge in [0.25, 0.3) is 0 Å². The fourth-order valence-corrected chi connectivity index (χ4v) is 2.90. The Kier molecular flexibility index (Phi) is 3.31. The molecule has 0 amide bonds. The molecular weight excluding hydrogens is 240 g/mol. The Balaban J connectivity index is 2.74. The van der Waals surface area contributed by atoms with Crippen molar-refractivity contribution >= 4 is 27.4 Å². The summed E-state index contributed by atoms with van der Waals surface area (Å²) < 4.78 is 11.1. The third kappa shape index (κ3) is 1.99. The van der Waals surface area contributed by atoms with Crippen molar-refractivity contribution in [3.63, 3.8) is 0 Å². The van der Waals surface area contributed by atoms with Crippen molar-refractivity contribution in [2.24, 2.45) is 0 Å². The van der Waals surface area contributed by atoms with E-state index in [4.69, 9.17) is 9.47 Å². The van der Waals surface area contributed by atoms with Gasteiger partial charge in [-0.15, -0.1) is 11.3 Å². The zero-order chi connectivity index (χ0) is 12.4. The Labute approximate surface area is 102 Å². The molecule has 2 aromatic rings. The van der Waals surface area contributed by atoms with E-state index in [1.54, 1.807) is 14.2 Å². The number of fused-ring (bicyclic) bond motifs is 1. The molecule has 90 valence electrons. The van der Waals surface area contributed by atoms with E-state index >= 15 is 0 Å². The second-order valence-corrected chi connectivity index (χ2v) is 4.51. The van der Waals surface area contributed by atoms with Gasteiger partial charge >= 0.3 is 5.97 Å². The fourth-order valence-electron chi connectivity index (χ4n) is 1.77. The molecule has 0 spiro atoms. The molecular formula is C12H12O4S. The number of aromatic carboxylic acids is 1. The Morgan fingerprint density at radius 2 is 2.18 bits per heavy atom. The Bertz CT molecular complexity index is 559. The quantitative estimate of drug-likeness (QED) is 0.909. The first kappa shape index (κ1) is 11.9. The van der Waals surface area contributed by atoms with Crippen molar-refractivity contribution in [2.45, 2.75) is 6.61 Å². The molecule has 4 nitrogen and oxygen atoms in total. The lowest BCUT2D eigenvalue weighted by Gasteiger charge is -2.02. The number of methoxy groups -OCH3 is 2. The van der Waals surface area contributed by atoms with Gasteiger partial charge in [0.1, 0.15) is 10.6 Å². The zero-order valence-corrected chi connectivity index (χ0v) is 10.3. The number of thiophene rings is 1. The summed E-state index contributed by atoms with van der Waals surface area (Å²) in [5.41, 5.74) is 0.707. The van der Waals surface area contributed by atoms with Crippen LogP contribution in [0.5, 0.6) is 5.75 Å². The summed E-state index contributed by atoms with van der Waals surface area (Å²) in [4.78, 5) is 11.5. The predicted molar refractivity (Wildman–Crippen MR) is 66.0 cm³/mol. The summed E-state index contributed by atoms with van der Waals surface area (Å²) in [5, 5.41) is 10.1. The molecule has 2 rings (SSSR count). The molecule has 0 aliphatic rings. The predicted octanol–water partition coefficient (Wildman–Crippen LogP) is 2.75. The molecule has 0 saturated carbocycles. The lowest BCUT2D eigenvalue weighted by atomic mass is 10.1. The van der Waals surface area contributed by atoms with Crippen LogP contribution in [0.15, 0.2) is 18.2 Å². The monoisotopic (exact) mass is 252 g/mol. The molecule has 1 aromatic carbocycles. The normalized spacial score (nSPS) is 10.7. The third-order valence-corrected chi connectivity index (χ3v) is 3.74. The highest BCUT2D eigenvalue weighted by Gasteiger charge is 2.19. The summed E-state index contributed by atoms with van der Waals surface area (Å²) in [6.07, 6.45) is 0.